The molecule has 0 aliphatic carbocycles. The molecule has 0 bridgehead atoms. The number of hydrogen-bond donors (Lipinski definition) is 2. The van der Waals surface area contributed by atoms with Crippen molar-refractivity contribution in [1.29, 1.82) is 0 Å². The van der Waals surface area contributed by atoms with Crippen LogP contribution in [0.1, 0.15) is 11.3 Å². The van der Waals surface area contributed by atoms with E-state index in [1.165, 1.54) is 0 Å². The summed E-state index contributed by atoms with van der Waals surface area (Å²) < 4.78 is 0. The molecule has 0 aliphatic rings. The fourth-order valence-electron chi connectivity index (χ4n) is 2.24. The van der Waals surface area contributed by atoms with E-state index in [9.17, 15) is 5.11 Å². The van der Waals surface area contributed by atoms with E-state index in [1.807, 2.05) is 56.3 Å². The van der Waals surface area contributed by atoms with Gasteiger partial charge in [-0.1, -0.05) is 30.3 Å². The SMILES string of the molecule is Cc1cc(-c2ccccc2)nc(Nc2ccc(O)c(C)c2)n1. The maximum absolute atomic E-state index is 9.59. The van der Waals surface area contributed by atoms with Gasteiger partial charge in [0.2, 0.25) is 5.95 Å². The van der Waals surface area contributed by atoms with Gasteiger partial charge in [0.1, 0.15) is 5.75 Å². The van der Waals surface area contributed by atoms with Crippen LogP contribution < -0.4 is 5.32 Å². The van der Waals surface area contributed by atoms with Gasteiger partial charge in [-0.05, 0) is 43.7 Å². The summed E-state index contributed by atoms with van der Waals surface area (Å²) in [4.78, 5) is 8.99. The molecule has 0 saturated carbocycles. The monoisotopic (exact) mass is 291 g/mol. The molecule has 4 heteroatoms. The highest BCUT2D eigenvalue weighted by atomic mass is 16.3. The van der Waals surface area contributed by atoms with Crippen LogP contribution in [0.15, 0.2) is 54.6 Å². The Hall–Kier alpha value is -2.88. The van der Waals surface area contributed by atoms with E-state index in [1.54, 1.807) is 12.1 Å². The van der Waals surface area contributed by atoms with Gasteiger partial charge in [-0.2, -0.15) is 0 Å². The standard InChI is InChI=1S/C18H17N3O/c1-12-10-15(8-9-17(12)22)20-18-19-13(2)11-16(21-18)14-6-4-3-5-7-14/h3-11,22H,1-2H3,(H,19,20,21). The molecular weight excluding hydrogens is 274 g/mol. The second kappa shape index (κ2) is 5.85. The van der Waals surface area contributed by atoms with E-state index in [-0.39, 0.29) is 5.75 Å². The lowest BCUT2D eigenvalue weighted by atomic mass is 10.1. The maximum Gasteiger partial charge on any atom is 0.227 e. The zero-order chi connectivity index (χ0) is 15.5. The molecule has 3 aromatic rings. The Morgan fingerprint density at radius 1 is 0.909 bits per heavy atom. The smallest absolute Gasteiger partial charge is 0.227 e. The quantitative estimate of drug-likeness (QED) is 0.710. The summed E-state index contributed by atoms with van der Waals surface area (Å²) in [5.41, 5.74) is 4.48. The van der Waals surface area contributed by atoms with E-state index < -0.39 is 0 Å². The van der Waals surface area contributed by atoms with Gasteiger partial charge < -0.3 is 10.4 Å². The van der Waals surface area contributed by atoms with Crippen LogP contribution in [0.3, 0.4) is 0 Å². The highest BCUT2D eigenvalue weighted by Crippen LogP contribution is 2.24. The lowest BCUT2D eigenvalue weighted by Crippen LogP contribution is -2.00. The third kappa shape index (κ3) is 3.06. The number of aryl methyl sites for hydroxylation is 2. The fourth-order valence-corrected chi connectivity index (χ4v) is 2.24. The Labute approximate surface area is 129 Å². The third-order valence-electron chi connectivity index (χ3n) is 3.38. The second-order valence-corrected chi connectivity index (χ2v) is 5.21. The minimum absolute atomic E-state index is 0.278. The van der Waals surface area contributed by atoms with Crippen molar-refractivity contribution in [3.05, 3.63) is 65.9 Å². The number of anilines is 2. The molecule has 2 N–H and O–H groups in total. The van der Waals surface area contributed by atoms with Gasteiger partial charge in [-0.15, -0.1) is 0 Å². The van der Waals surface area contributed by atoms with E-state index in [4.69, 9.17) is 0 Å². The summed E-state index contributed by atoms with van der Waals surface area (Å²) in [5.74, 6) is 0.824. The van der Waals surface area contributed by atoms with Crippen LogP contribution in [0.25, 0.3) is 11.3 Å². The van der Waals surface area contributed by atoms with Crippen molar-refractivity contribution in [3.63, 3.8) is 0 Å². The Morgan fingerprint density at radius 2 is 1.68 bits per heavy atom. The first-order chi connectivity index (χ1) is 10.6. The number of aromatic hydroxyl groups is 1. The molecule has 0 saturated heterocycles. The zero-order valence-electron chi connectivity index (χ0n) is 12.5. The van der Waals surface area contributed by atoms with E-state index in [2.05, 4.69) is 15.3 Å². The van der Waals surface area contributed by atoms with Gasteiger partial charge in [0.05, 0.1) is 5.69 Å². The first-order valence-electron chi connectivity index (χ1n) is 7.09. The summed E-state index contributed by atoms with van der Waals surface area (Å²) in [6, 6.07) is 17.3. The van der Waals surface area contributed by atoms with Crippen molar-refractivity contribution in [2.45, 2.75) is 13.8 Å². The number of benzene rings is 2. The number of hydrogen-bond acceptors (Lipinski definition) is 4. The minimum atomic E-state index is 0.278. The predicted molar refractivity (Wildman–Crippen MR) is 88.3 cm³/mol. The molecule has 1 aromatic heterocycles. The van der Waals surface area contributed by atoms with E-state index in [0.717, 1.165) is 28.2 Å². The molecule has 0 radical (unpaired) electrons. The molecule has 1 heterocycles. The van der Waals surface area contributed by atoms with Crippen LogP contribution in [-0.4, -0.2) is 15.1 Å². The molecule has 3 rings (SSSR count). The molecular formula is C18H17N3O. The molecule has 0 atom stereocenters. The number of nitrogens with zero attached hydrogens (tertiary/aromatic N) is 2. The number of phenols is 1. The predicted octanol–water partition coefficient (Wildman–Crippen LogP) is 4.21. The number of rotatable bonds is 3. The van der Waals surface area contributed by atoms with E-state index >= 15 is 0 Å². The Balaban J connectivity index is 1.94. The van der Waals surface area contributed by atoms with Crippen molar-refractivity contribution in [2.24, 2.45) is 0 Å². The Kier molecular flexibility index (Phi) is 3.74. The average molecular weight is 291 g/mol. The van der Waals surface area contributed by atoms with E-state index in [0.29, 0.717) is 5.95 Å². The highest BCUT2D eigenvalue weighted by Gasteiger charge is 2.06. The summed E-state index contributed by atoms with van der Waals surface area (Å²) >= 11 is 0. The first kappa shape index (κ1) is 14.1. The van der Waals surface area contributed by atoms with Crippen LogP contribution >= 0.6 is 0 Å². The van der Waals surface area contributed by atoms with Gasteiger partial charge in [-0.3, -0.25) is 0 Å². The van der Waals surface area contributed by atoms with Crippen LogP contribution in [0.4, 0.5) is 11.6 Å². The maximum atomic E-state index is 9.59. The second-order valence-electron chi connectivity index (χ2n) is 5.21. The lowest BCUT2D eigenvalue weighted by molar-refractivity contribution is 0.471. The Bertz CT molecular complexity index is 801. The van der Waals surface area contributed by atoms with Crippen molar-refractivity contribution < 1.29 is 5.11 Å². The molecule has 0 spiro atoms. The fraction of sp³-hybridized carbons (Fsp3) is 0.111. The molecule has 110 valence electrons. The minimum Gasteiger partial charge on any atom is -0.508 e. The van der Waals surface area contributed by atoms with Crippen LogP contribution in [0, 0.1) is 13.8 Å². The molecule has 0 fully saturated rings. The number of phenolic OH excluding ortho intramolecular Hbond substituents is 1. The molecule has 0 amide bonds. The van der Waals surface area contributed by atoms with Gasteiger partial charge in [0.25, 0.3) is 0 Å². The molecule has 2 aromatic carbocycles. The average Bonchev–Trinajstić information content (AvgIpc) is 2.51. The summed E-state index contributed by atoms with van der Waals surface area (Å²) in [6.07, 6.45) is 0. The van der Waals surface area contributed by atoms with Crippen LogP contribution in [0.2, 0.25) is 0 Å². The largest absolute Gasteiger partial charge is 0.508 e. The van der Waals surface area contributed by atoms with Crippen molar-refractivity contribution >= 4 is 11.6 Å². The third-order valence-corrected chi connectivity index (χ3v) is 3.38. The lowest BCUT2D eigenvalue weighted by Gasteiger charge is -2.09. The van der Waals surface area contributed by atoms with Gasteiger partial charge in [0, 0.05) is 16.9 Å². The zero-order valence-corrected chi connectivity index (χ0v) is 12.5. The molecule has 0 aliphatic heterocycles. The summed E-state index contributed by atoms with van der Waals surface area (Å²) in [7, 11) is 0. The number of nitrogens with one attached hydrogen (secondary N) is 1. The van der Waals surface area contributed by atoms with Crippen molar-refractivity contribution in [2.75, 3.05) is 5.32 Å². The number of aromatic nitrogens is 2. The van der Waals surface area contributed by atoms with Crippen molar-refractivity contribution in [3.8, 4) is 17.0 Å². The molecule has 4 nitrogen and oxygen atoms in total. The highest BCUT2D eigenvalue weighted by molar-refractivity contribution is 5.63. The summed E-state index contributed by atoms with van der Waals surface area (Å²) in [5, 5.41) is 12.8. The van der Waals surface area contributed by atoms with Gasteiger partial charge in [-0.25, -0.2) is 9.97 Å². The molecule has 0 unspecified atom stereocenters. The summed E-state index contributed by atoms with van der Waals surface area (Å²) in [6.45, 7) is 3.80. The van der Waals surface area contributed by atoms with Crippen LogP contribution in [-0.2, 0) is 0 Å². The topological polar surface area (TPSA) is 58.0 Å². The first-order valence-corrected chi connectivity index (χ1v) is 7.09. The van der Waals surface area contributed by atoms with Gasteiger partial charge >= 0.3 is 0 Å². The Morgan fingerprint density at radius 3 is 2.41 bits per heavy atom. The van der Waals surface area contributed by atoms with Crippen LogP contribution in [0.5, 0.6) is 5.75 Å². The van der Waals surface area contributed by atoms with Crippen molar-refractivity contribution in [1.82, 2.24) is 9.97 Å². The normalized spacial score (nSPS) is 10.5. The van der Waals surface area contributed by atoms with Gasteiger partial charge in [0.15, 0.2) is 0 Å². The molecule has 22 heavy (non-hydrogen) atoms.